The second-order valence-electron chi connectivity index (χ2n) is 4.71. The number of hydrogen-bond donors (Lipinski definition) is 4. The SMILES string of the molecule is CC(CC(C(=O)O)C(C(=O)O)P(=O)(O)O)c1ccccn1. The number of aromatic nitrogens is 1. The maximum absolute atomic E-state index is 11.3. The van der Waals surface area contributed by atoms with Crippen molar-refractivity contribution < 1.29 is 34.2 Å². The molecule has 8 nitrogen and oxygen atoms in total. The summed E-state index contributed by atoms with van der Waals surface area (Å²) in [5, 5.41) is 18.1. The first-order chi connectivity index (χ1) is 9.64. The average Bonchev–Trinajstić information content (AvgIpc) is 2.36. The molecule has 4 N–H and O–H groups in total. The Bertz CT molecular complexity index is 556. The van der Waals surface area contributed by atoms with Gasteiger partial charge in [-0.2, -0.15) is 0 Å². The summed E-state index contributed by atoms with van der Waals surface area (Å²) in [6.45, 7) is 1.62. The number of carbonyl (C=O) groups is 2. The predicted molar refractivity (Wildman–Crippen MR) is 71.9 cm³/mol. The van der Waals surface area contributed by atoms with Crippen molar-refractivity contribution in [2.24, 2.45) is 5.92 Å². The van der Waals surface area contributed by atoms with E-state index in [1.807, 2.05) is 0 Å². The van der Waals surface area contributed by atoms with Gasteiger partial charge in [-0.1, -0.05) is 13.0 Å². The standard InChI is InChI=1S/C12H16NO7P/c1-7(9-4-2-3-5-13-9)6-8(11(14)15)10(12(16)17)21(18,19)20/h2-5,7-8,10H,6H2,1H3,(H,14,15)(H,16,17)(H2,18,19,20). The highest BCUT2D eigenvalue weighted by Gasteiger charge is 2.46. The molecular weight excluding hydrogens is 301 g/mol. The Morgan fingerprint density at radius 3 is 2.24 bits per heavy atom. The maximum Gasteiger partial charge on any atom is 0.340 e. The molecule has 0 amide bonds. The summed E-state index contributed by atoms with van der Waals surface area (Å²) in [5.74, 6) is -5.56. The van der Waals surface area contributed by atoms with Gasteiger partial charge in [0.1, 0.15) is 0 Å². The minimum atomic E-state index is -5.09. The van der Waals surface area contributed by atoms with Crippen LogP contribution < -0.4 is 0 Å². The second kappa shape index (κ2) is 6.80. The average molecular weight is 317 g/mol. The summed E-state index contributed by atoms with van der Waals surface area (Å²) in [5.41, 5.74) is -1.75. The summed E-state index contributed by atoms with van der Waals surface area (Å²) in [6, 6.07) is 4.99. The Labute approximate surface area is 120 Å². The van der Waals surface area contributed by atoms with E-state index in [4.69, 9.17) is 20.0 Å². The van der Waals surface area contributed by atoms with E-state index < -0.39 is 37.0 Å². The number of pyridine rings is 1. The van der Waals surface area contributed by atoms with Crippen molar-refractivity contribution in [3.05, 3.63) is 30.1 Å². The molecular formula is C12H16NO7P. The van der Waals surface area contributed by atoms with Crippen LogP contribution in [0.2, 0.25) is 0 Å². The van der Waals surface area contributed by atoms with Crippen molar-refractivity contribution in [3.8, 4) is 0 Å². The van der Waals surface area contributed by atoms with Gasteiger partial charge in [-0.15, -0.1) is 0 Å². The highest BCUT2D eigenvalue weighted by molar-refractivity contribution is 7.53. The summed E-state index contributed by atoms with van der Waals surface area (Å²) < 4.78 is 11.3. The van der Waals surface area contributed by atoms with Gasteiger partial charge < -0.3 is 20.0 Å². The number of rotatable bonds is 7. The van der Waals surface area contributed by atoms with Gasteiger partial charge in [-0.25, -0.2) is 0 Å². The van der Waals surface area contributed by atoms with Gasteiger partial charge >= 0.3 is 19.5 Å². The Kier molecular flexibility index (Phi) is 5.60. The molecule has 0 saturated heterocycles. The highest BCUT2D eigenvalue weighted by atomic mass is 31.2. The van der Waals surface area contributed by atoms with E-state index in [0.717, 1.165) is 0 Å². The third-order valence-electron chi connectivity index (χ3n) is 3.11. The normalized spacial score (nSPS) is 16.0. The molecule has 3 atom stereocenters. The molecule has 1 aromatic heterocycles. The van der Waals surface area contributed by atoms with Gasteiger partial charge in [-0.3, -0.25) is 19.1 Å². The fourth-order valence-corrected chi connectivity index (χ4v) is 3.09. The van der Waals surface area contributed by atoms with Crippen LogP contribution in [-0.4, -0.2) is 42.6 Å². The van der Waals surface area contributed by atoms with Crippen molar-refractivity contribution in [2.45, 2.75) is 24.9 Å². The smallest absolute Gasteiger partial charge is 0.340 e. The van der Waals surface area contributed by atoms with Crippen molar-refractivity contribution in [1.29, 1.82) is 0 Å². The minimum absolute atomic E-state index is 0.242. The molecule has 1 rings (SSSR count). The van der Waals surface area contributed by atoms with E-state index >= 15 is 0 Å². The van der Waals surface area contributed by atoms with Crippen LogP contribution in [0.5, 0.6) is 0 Å². The van der Waals surface area contributed by atoms with E-state index in [1.165, 1.54) is 6.20 Å². The van der Waals surface area contributed by atoms with Crippen LogP contribution in [0.3, 0.4) is 0 Å². The second-order valence-corrected chi connectivity index (χ2v) is 6.44. The van der Waals surface area contributed by atoms with Crippen molar-refractivity contribution in [1.82, 2.24) is 4.98 Å². The summed E-state index contributed by atoms with van der Waals surface area (Å²) >= 11 is 0. The number of carboxylic acid groups (broad SMARTS) is 2. The topological polar surface area (TPSA) is 145 Å². The monoisotopic (exact) mass is 317 g/mol. The quantitative estimate of drug-likeness (QED) is 0.543. The lowest BCUT2D eigenvalue weighted by atomic mass is 9.90. The lowest BCUT2D eigenvalue weighted by molar-refractivity contribution is -0.148. The number of nitrogens with zero attached hydrogens (tertiary/aromatic N) is 1. The molecule has 0 saturated carbocycles. The Hall–Kier alpha value is -1.76. The van der Waals surface area contributed by atoms with Crippen LogP contribution in [0, 0.1) is 5.92 Å². The zero-order valence-corrected chi connectivity index (χ0v) is 12.1. The Morgan fingerprint density at radius 2 is 1.86 bits per heavy atom. The largest absolute Gasteiger partial charge is 0.481 e. The Morgan fingerprint density at radius 1 is 1.24 bits per heavy atom. The molecule has 0 radical (unpaired) electrons. The van der Waals surface area contributed by atoms with Crippen molar-refractivity contribution in [2.75, 3.05) is 0 Å². The van der Waals surface area contributed by atoms with Gasteiger partial charge in [0.2, 0.25) is 0 Å². The molecule has 21 heavy (non-hydrogen) atoms. The third kappa shape index (κ3) is 4.63. The first-order valence-electron chi connectivity index (χ1n) is 6.06. The van der Waals surface area contributed by atoms with Crippen molar-refractivity contribution >= 4 is 19.5 Å². The van der Waals surface area contributed by atoms with Crippen molar-refractivity contribution in [3.63, 3.8) is 0 Å². The van der Waals surface area contributed by atoms with Gasteiger partial charge in [0.05, 0.1) is 5.92 Å². The van der Waals surface area contributed by atoms with E-state index in [0.29, 0.717) is 5.69 Å². The van der Waals surface area contributed by atoms with Crippen LogP contribution in [0.1, 0.15) is 25.0 Å². The summed E-state index contributed by atoms with van der Waals surface area (Å²) in [6.07, 6.45) is 1.26. The first-order valence-corrected chi connectivity index (χ1v) is 7.74. The molecule has 0 aliphatic heterocycles. The molecule has 0 aliphatic rings. The molecule has 1 heterocycles. The van der Waals surface area contributed by atoms with Gasteiger partial charge in [-0.05, 0) is 24.5 Å². The number of aliphatic carboxylic acids is 2. The lowest BCUT2D eigenvalue weighted by Gasteiger charge is -2.23. The third-order valence-corrected chi connectivity index (χ3v) is 4.42. The molecule has 0 aliphatic carbocycles. The van der Waals surface area contributed by atoms with Crippen LogP contribution in [0.25, 0.3) is 0 Å². The first kappa shape index (κ1) is 17.3. The molecule has 1 aromatic rings. The zero-order chi connectivity index (χ0) is 16.2. The zero-order valence-electron chi connectivity index (χ0n) is 11.2. The maximum atomic E-state index is 11.3. The molecule has 0 fully saturated rings. The van der Waals surface area contributed by atoms with E-state index in [9.17, 15) is 14.2 Å². The summed E-state index contributed by atoms with van der Waals surface area (Å²) in [7, 11) is -5.09. The fraction of sp³-hybridized carbons (Fsp3) is 0.417. The number of hydrogen-bond acceptors (Lipinski definition) is 4. The van der Waals surface area contributed by atoms with Gasteiger partial charge in [0, 0.05) is 11.9 Å². The molecule has 3 unspecified atom stereocenters. The molecule has 0 aromatic carbocycles. The van der Waals surface area contributed by atoms with Crippen LogP contribution in [0.15, 0.2) is 24.4 Å². The lowest BCUT2D eigenvalue weighted by Crippen LogP contribution is -2.35. The van der Waals surface area contributed by atoms with E-state index in [-0.39, 0.29) is 6.42 Å². The van der Waals surface area contributed by atoms with Gasteiger partial charge in [0.15, 0.2) is 5.66 Å². The molecule has 0 bridgehead atoms. The molecule has 0 spiro atoms. The summed E-state index contributed by atoms with van der Waals surface area (Å²) in [4.78, 5) is 44.5. The Balaban J connectivity index is 3.05. The van der Waals surface area contributed by atoms with Crippen LogP contribution in [0.4, 0.5) is 0 Å². The fourth-order valence-electron chi connectivity index (χ4n) is 2.08. The van der Waals surface area contributed by atoms with Gasteiger partial charge in [0.25, 0.3) is 0 Å². The number of carboxylic acids is 2. The minimum Gasteiger partial charge on any atom is -0.481 e. The van der Waals surface area contributed by atoms with Crippen LogP contribution >= 0.6 is 7.60 Å². The highest BCUT2D eigenvalue weighted by Crippen LogP contribution is 2.47. The molecule has 9 heteroatoms. The van der Waals surface area contributed by atoms with Crippen LogP contribution in [-0.2, 0) is 14.2 Å². The van der Waals surface area contributed by atoms with E-state index in [1.54, 1.807) is 25.1 Å². The predicted octanol–water partition coefficient (Wildman–Crippen LogP) is 0.907. The van der Waals surface area contributed by atoms with E-state index in [2.05, 4.69) is 4.98 Å². The molecule has 116 valence electrons.